The minimum absolute atomic E-state index is 0.109. The number of nitrogens with one attached hydrogen (secondary N) is 1. The summed E-state index contributed by atoms with van der Waals surface area (Å²) in [5.41, 5.74) is 6.73. The van der Waals surface area contributed by atoms with E-state index in [1.54, 1.807) is 12.1 Å². The molecule has 1 rings (SSSR count). The summed E-state index contributed by atoms with van der Waals surface area (Å²) in [7, 11) is 0. The highest BCUT2D eigenvalue weighted by molar-refractivity contribution is 14.1. The molecule has 5 nitrogen and oxygen atoms in total. The van der Waals surface area contributed by atoms with Crippen molar-refractivity contribution in [2.45, 2.75) is 26.3 Å². The van der Waals surface area contributed by atoms with Gasteiger partial charge in [-0.15, -0.1) is 0 Å². The predicted octanol–water partition coefficient (Wildman–Crippen LogP) is 2.98. The molecule has 0 bridgehead atoms. The fraction of sp³-hybridized carbons (Fsp3) is 0.500. The van der Waals surface area contributed by atoms with Crippen molar-refractivity contribution in [3.05, 3.63) is 31.9 Å². The summed E-state index contributed by atoms with van der Waals surface area (Å²) in [6, 6.07) is 5.00. The molecule has 1 aromatic rings. The van der Waals surface area contributed by atoms with Crippen LogP contribution in [0, 0.1) is 19.6 Å². The first-order chi connectivity index (χ1) is 8.43. The number of nitro groups is 1. The van der Waals surface area contributed by atoms with E-state index in [2.05, 4.69) is 41.8 Å². The second-order valence-corrected chi connectivity index (χ2v) is 5.79. The summed E-state index contributed by atoms with van der Waals surface area (Å²) in [6.45, 7) is 4.83. The molecule has 0 radical (unpaired) electrons. The molecule has 1 aromatic carbocycles. The Morgan fingerprint density at radius 1 is 1.50 bits per heavy atom. The zero-order valence-electron chi connectivity index (χ0n) is 10.5. The standard InChI is InChI=1S/C12H18IN3O2/c1-8(2)5-9(7-14)15-12-4-3-10(16(17)18)6-11(12)13/h3-4,6,8-9,15H,5,7,14H2,1-2H3. The van der Waals surface area contributed by atoms with Crippen LogP contribution in [-0.2, 0) is 0 Å². The van der Waals surface area contributed by atoms with Crippen LogP contribution in [0.3, 0.4) is 0 Å². The molecule has 0 aliphatic carbocycles. The summed E-state index contributed by atoms with van der Waals surface area (Å²) in [5.74, 6) is 0.557. The van der Waals surface area contributed by atoms with Crippen molar-refractivity contribution >= 4 is 34.0 Å². The summed E-state index contributed by atoms with van der Waals surface area (Å²) < 4.78 is 0.837. The largest absolute Gasteiger partial charge is 0.380 e. The maximum atomic E-state index is 10.7. The first kappa shape index (κ1) is 15.2. The number of hydrogen-bond donors (Lipinski definition) is 2. The van der Waals surface area contributed by atoms with Crippen LogP contribution in [0.2, 0.25) is 0 Å². The van der Waals surface area contributed by atoms with E-state index in [-0.39, 0.29) is 16.7 Å². The van der Waals surface area contributed by atoms with Gasteiger partial charge in [0.05, 0.1) is 4.92 Å². The van der Waals surface area contributed by atoms with Gasteiger partial charge < -0.3 is 11.1 Å². The molecular weight excluding hydrogens is 345 g/mol. The number of nitrogens with two attached hydrogens (primary N) is 1. The van der Waals surface area contributed by atoms with Crippen LogP contribution in [-0.4, -0.2) is 17.5 Å². The van der Waals surface area contributed by atoms with Crippen LogP contribution in [0.25, 0.3) is 0 Å². The molecule has 3 N–H and O–H groups in total. The molecule has 0 amide bonds. The highest BCUT2D eigenvalue weighted by Gasteiger charge is 2.13. The minimum Gasteiger partial charge on any atom is -0.380 e. The first-order valence-corrected chi connectivity index (χ1v) is 6.92. The van der Waals surface area contributed by atoms with E-state index >= 15 is 0 Å². The Bertz CT molecular complexity index is 424. The number of halogens is 1. The molecule has 0 aliphatic heterocycles. The van der Waals surface area contributed by atoms with Gasteiger partial charge in [0, 0.05) is 34.0 Å². The molecule has 0 heterocycles. The SMILES string of the molecule is CC(C)CC(CN)Nc1ccc([N+](=O)[O-])cc1I. The van der Waals surface area contributed by atoms with Crippen LogP contribution in [0.1, 0.15) is 20.3 Å². The zero-order valence-corrected chi connectivity index (χ0v) is 12.7. The molecule has 0 fully saturated rings. The second kappa shape index (κ2) is 6.89. The second-order valence-electron chi connectivity index (χ2n) is 4.63. The smallest absolute Gasteiger partial charge is 0.270 e. The summed E-state index contributed by atoms with van der Waals surface area (Å²) >= 11 is 2.09. The molecule has 0 aliphatic rings. The summed E-state index contributed by atoms with van der Waals surface area (Å²) in [6.07, 6.45) is 0.976. The Morgan fingerprint density at radius 3 is 2.61 bits per heavy atom. The Labute approximate surface area is 120 Å². The molecule has 1 unspecified atom stereocenters. The molecular formula is C12H18IN3O2. The topological polar surface area (TPSA) is 81.2 Å². The number of benzene rings is 1. The first-order valence-electron chi connectivity index (χ1n) is 5.84. The maximum Gasteiger partial charge on any atom is 0.270 e. The van der Waals surface area contributed by atoms with Crippen LogP contribution in [0.15, 0.2) is 18.2 Å². The summed E-state index contributed by atoms with van der Waals surface area (Å²) in [5, 5.41) is 14.0. The van der Waals surface area contributed by atoms with Gasteiger partial charge in [0.25, 0.3) is 5.69 Å². The van der Waals surface area contributed by atoms with Gasteiger partial charge in [-0.3, -0.25) is 10.1 Å². The third-order valence-electron chi connectivity index (χ3n) is 2.56. The van der Waals surface area contributed by atoms with Crippen LogP contribution >= 0.6 is 22.6 Å². The Kier molecular flexibility index (Phi) is 5.80. The molecule has 0 aromatic heterocycles. The van der Waals surface area contributed by atoms with Gasteiger partial charge in [-0.05, 0) is 41.0 Å². The number of non-ortho nitro benzene ring substituents is 1. The quantitative estimate of drug-likeness (QED) is 0.463. The van der Waals surface area contributed by atoms with Crippen LogP contribution in [0.5, 0.6) is 0 Å². The highest BCUT2D eigenvalue weighted by Crippen LogP contribution is 2.24. The fourth-order valence-corrected chi connectivity index (χ4v) is 2.39. The number of hydrogen-bond acceptors (Lipinski definition) is 4. The van der Waals surface area contributed by atoms with Crippen molar-refractivity contribution in [1.82, 2.24) is 0 Å². The van der Waals surface area contributed by atoms with Gasteiger partial charge in [-0.1, -0.05) is 13.8 Å². The van der Waals surface area contributed by atoms with E-state index in [1.165, 1.54) is 6.07 Å². The average Bonchev–Trinajstić information content (AvgIpc) is 2.29. The number of nitro benzene ring substituents is 1. The van der Waals surface area contributed by atoms with Crippen LogP contribution in [0.4, 0.5) is 11.4 Å². The fourth-order valence-electron chi connectivity index (χ4n) is 1.74. The summed E-state index contributed by atoms with van der Waals surface area (Å²) in [4.78, 5) is 10.3. The van der Waals surface area contributed by atoms with Crippen molar-refractivity contribution in [2.75, 3.05) is 11.9 Å². The number of nitrogens with zero attached hydrogens (tertiary/aromatic N) is 1. The van der Waals surface area contributed by atoms with Crippen molar-refractivity contribution in [3.63, 3.8) is 0 Å². The molecule has 18 heavy (non-hydrogen) atoms. The van der Waals surface area contributed by atoms with Gasteiger partial charge in [0.15, 0.2) is 0 Å². The van der Waals surface area contributed by atoms with E-state index < -0.39 is 0 Å². The van der Waals surface area contributed by atoms with Gasteiger partial charge >= 0.3 is 0 Å². The highest BCUT2D eigenvalue weighted by atomic mass is 127. The van der Waals surface area contributed by atoms with Gasteiger partial charge in [-0.25, -0.2) is 0 Å². The lowest BCUT2D eigenvalue weighted by Crippen LogP contribution is -2.30. The van der Waals surface area contributed by atoms with Crippen molar-refractivity contribution < 1.29 is 4.92 Å². The van der Waals surface area contributed by atoms with Gasteiger partial charge in [0.1, 0.15) is 0 Å². The van der Waals surface area contributed by atoms with E-state index in [0.29, 0.717) is 12.5 Å². The normalized spacial score (nSPS) is 12.5. The van der Waals surface area contributed by atoms with Crippen LogP contribution < -0.4 is 11.1 Å². The lowest BCUT2D eigenvalue weighted by molar-refractivity contribution is -0.384. The zero-order chi connectivity index (χ0) is 13.7. The lowest BCUT2D eigenvalue weighted by atomic mass is 10.0. The van der Waals surface area contributed by atoms with E-state index in [9.17, 15) is 10.1 Å². The third-order valence-corrected chi connectivity index (χ3v) is 3.46. The molecule has 100 valence electrons. The lowest BCUT2D eigenvalue weighted by Gasteiger charge is -2.20. The Morgan fingerprint density at radius 2 is 2.17 bits per heavy atom. The average molecular weight is 363 g/mol. The minimum atomic E-state index is -0.388. The Balaban J connectivity index is 2.80. The monoisotopic (exact) mass is 363 g/mol. The number of rotatable bonds is 6. The molecule has 1 atom stereocenters. The Hall–Kier alpha value is -0.890. The van der Waals surface area contributed by atoms with E-state index in [0.717, 1.165) is 15.7 Å². The molecule has 0 saturated carbocycles. The molecule has 0 spiro atoms. The van der Waals surface area contributed by atoms with Gasteiger partial charge in [0.2, 0.25) is 0 Å². The van der Waals surface area contributed by atoms with E-state index in [4.69, 9.17) is 5.73 Å². The van der Waals surface area contributed by atoms with Crippen molar-refractivity contribution in [3.8, 4) is 0 Å². The van der Waals surface area contributed by atoms with Gasteiger partial charge in [-0.2, -0.15) is 0 Å². The molecule has 0 saturated heterocycles. The van der Waals surface area contributed by atoms with E-state index in [1.807, 2.05) is 0 Å². The van der Waals surface area contributed by atoms with Crippen molar-refractivity contribution in [2.24, 2.45) is 11.7 Å². The third kappa shape index (κ3) is 4.41. The maximum absolute atomic E-state index is 10.7. The molecule has 6 heteroatoms. The van der Waals surface area contributed by atoms with Crippen molar-refractivity contribution in [1.29, 1.82) is 0 Å². The number of anilines is 1. The predicted molar refractivity (Wildman–Crippen MR) is 81.7 cm³/mol.